The first-order valence-corrected chi connectivity index (χ1v) is 20.2. The molecule has 3 aromatic heterocycles. The topological polar surface area (TPSA) is 103 Å². The molecule has 0 saturated carbocycles. The first-order valence-electron chi connectivity index (χ1n) is 19.1. The zero-order chi connectivity index (χ0) is 40.7. The quantitative estimate of drug-likeness (QED) is 0.156. The van der Waals surface area contributed by atoms with Gasteiger partial charge in [-0.15, -0.1) is 0 Å². The van der Waals surface area contributed by atoms with E-state index in [9.17, 15) is 0 Å². The fourth-order valence-corrected chi connectivity index (χ4v) is 6.93. The Morgan fingerprint density at radius 2 is 0.533 bits per heavy atom. The number of hydrogen-bond donors (Lipinski definition) is 0. The van der Waals surface area contributed by atoms with Crippen molar-refractivity contribution in [2.24, 2.45) is 0 Å². The summed E-state index contributed by atoms with van der Waals surface area (Å²) in [5, 5.41) is 0.202. The second-order valence-electron chi connectivity index (χ2n) is 13.5. The van der Waals surface area contributed by atoms with E-state index in [1.807, 2.05) is 170 Å². The van der Waals surface area contributed by atoms with Gasteiger partial charge in [0.05, 0.1) is 22.4 Å². The van der Waals surface area contributed by atoms with Crippen molar-refractivity contribution in [2.75, 3.05) is 0 Å². The summed E-state index contributed by atoms with van der Waals surface area (Å²) in [7, 11) is 0. The third kappa shape index (κ3) is 8.73. The van der Waals surface area contributed by atoms with Gasteiger partial charge in [0.15, 0.2) is 29.1 Å². The molecule has 0 saturated heterocycles. The van der Waals surface area contributed by atoms with E-state index < -0.39 is 0 Å². The first-order chi connectivity index (χ1) is 29.5. The molecule has 7 aromatic carbocycles. The Morgan fingerprint density at radius 1 is 0.267 bits per heavy atom. The minimum absolute atomic E-state index is 0.202. The van der Waals surface area contributed by atoms with Crippen LogP contribution >= 0.6 is 27.5 Å². The van der Waals surface area contributed by atoms with Crippen molar-refractivity contribution in [2.45, 2.75) is 0 Å². The van der Waals surface area contributed by atoms with Gasteiger partial charge < -0.3 is 0 Å². The summed E-state index contributed by atoms with van der Waals surface area (Å²) in [6.45, 7) is 0. The number of fused-ring (bicyclic) bond motifs is 1. The average molecular weight is 860 g/mol. The molecule has 0 amide bonds. The highest BCUT2D eigenvalue weighted by molar-refractivity contribution is 9.10. The second-order valence-corrected chi connectivity index (χ2v) is 14.8. The largest absolute Gasteiger partial charge is 0.244 e. The normalized spacial score (nSPS) is 10.8. The van der Waals surface area contributed by atoms with Crippen LogP contribution in [0.1, 0.15) is 0 Å². The van der Waals surface area contributed by atoms with Gasteiger partial charge in [-0.3, -0.25) is 0 Å². The lowest BCUT2D eigenvalue weighted by atomic mass is 10.0. The Hall–Kier alpha value is -7.33. The third-order valence-electron chi connectivity index (χ3n) is 9.48. The van der Waals surface area contributed by atoms with E-state index in [4.69, 9.17) is 36.5 Å². The van der Waals surface area contributed by atoms with Gasteiger partial charge in [-0.25, -0.2) is 29.9 Å². The maximum atomic E-state index is 5.99. The maximum Gasteiger partial charge on any atom is 0.226 e. The maximum absolute atomic E-state index is 5.99. The van der Waals surface area contributed by atoms with Crippen LogP contribution in [0.15, 0.2) is 199 Å². The molecule has 0 bridgehead atoms. The third-order valence-corrected chi connectivity index (χ3v) is 10.2. The number of halogens is 2. The molecule has 286 valence electrons. The number of para-hydroxylation sites is 2. The number of benzene rings is 7. The molecule has 8 nitrogen and oxygen atoms in total. The lowest BCUT2D eigenvalue weighted by Crippen LogP contribution is -2.00. The standard InChI is InChI=1S/C35H22BrN5.C15H10ClN3/c36-28-21-19-24(20-22-28)32-31(37-29-13-7-8-14-30(29)38-32)23-15-17-27(18-16-23)35-40-33(25-9-3-1-4-10-25)39-34(41-35)26-11-5-2-6-12-26;16-15-18-13(11-7-3-1-4-8-11)17-14(19-15)12-9-5-2-6-10-12/h1-22H;1-10H. The highest BCUT2D eigenvalue weighted by atomic mass is 79.9. The molecular weight excluding hydrogens is 828 g/mol. The van der Waals surface area contributed by atoms with E-state index in [1.54, 1.807) is 0 Å². The molecule has 0 aliphatic rings. The fourth-order valence-electron chi connectivity index (χ4n) is 6.51. The molecule has 0 fully saturated rings. The highest BCUT2D eigenvalue weighted by Gasteiger charge is 2.16. The summed E-state index contributed by atoms with van der Waals surface area (Å²) in [4.78, 5) is 37.4. The minimum atomic E-state index is 0.202. The summed E-state index contributed by atoms with van der Waals surface area (Å²) >= 11 is 9.53. The Bertz CT molecular complexity index is 2910. The summed E-state index contributed by atoms with van der Waals surface area (Å²) in [5.41, 5.74) is 9.95. The van der Waals surface area contributed by atoms with Gasteiger partial charge in [0.2, 0.25) is 5.28 Å². The van der Waals surface area contributed by atoms with Crippen LogP contribution < -0.4 is 0 Å². The van der Waals surface area contributed by atoms with Crippen LogP contribution in [-0.2, 0) is 0 Å². The van der Waals surface area contributed by atoms with Gasteiger partial charge in [-0.2, -0.15) is 9.97 Å². The van der Waals surface area contributed by atoms with Crippen molar-refractivity contribution < 1.29 is 0 Å². The van der Waals surface area contributed by atoms with E-state index in [2.05, 4.69) is 55.1 Å². The molecule has 0 atom stereocenters. The van der Waals surface area contributed by atoms with Crippen molar-refractivity contribution in [3.05, 3.63) is 204 Å². The molecule has 0 unspecified atom stereocenters. The summed E-state index contributed by atoms with van der Waals surface area (Å²) in [6.07, 6.45) is 0. The van der Waals surface area contributed by atoms with E-state index in [0.717, 1.165) is 65.8 Å². The number of rotatable bonds is 7. The van der Waals surface area contributed by atoms with Crippen molar-refractivity contribution in [1.82, 2.24) is 39.9 Å². The summed E-state index contributed by atoms with van der Waals surface area (Å²) in [6, 6.07) is 63.7. The number of nitrogens with zero attached hydrogens (tertiary/aromatic N) is 8. The molecule has 0 N–H and O–H groups in total. The molecule has 10 aromatic rings. The Kier molecular flexibility index (Phi) is 11.2. The van der Waals surface area contributed by atoms with Gasteiger partial charge in [-0.1, -0.05) is 186 Å². The van der Waals surface area contributed by atoms with Crippen molar-refractivity contribution in [3.63, 3.8) is 0 Å². The van der Waals surface area contributed by atoms with Crippen LogP contribution in [0.5, 0.6) is 0 Å². The van der Waals surface area contributed by atoms with E-state index in [1.165, 1.54) is 0 Å². The van der Waals surface area contributed by atoms with Crippen molar-refractivity contribution in [3.8, 4) is 79.5 Å². The van der Waals surface area contributed by atoms with Crippen LogP contribution in [0.2, 0.25) is 5.28 Å². The van der Waals surface area contributed by atoms with Gasteiger partial charge in [0.25, 0.3) is 0 Å². The Labute approximate surface area is 360 Å². The molecule has 10 rings (SSSR count). The molecule has 10 heteroatoms. The van der Waals surface area contributed by atoms with Gasteiger partial charge in [0.1, 0.15) is 0 Å². The molecule has 60 heavy (non-hydrogen) atoms. The van der Waals surface area contributed by atoms with Gasteiger partial charge in [0, 0.05) is 43.4 Å². The lowest BCUT2D eigenvalue weighted by Gasteiger charge is -2.12. The van der Waals surface area contributed by atoms with E-state index in [-0.39, 0.29) is 5.28 Å². The monoisotopic (exact) mass is 858 g/mol. The van der Waals surface area contributed by atoms with Gasteiger partial charge >= 0.3 is 0 Å². The fraction of sp³-hybridized carbons (Fsp3) is 0. The zero-order valence-corrected chi connectivity index (χ0v) is 34.2. The molecule has 0 radical (unpaired) electrons. The molecular formula is C50H32BrClN8. The van der Waals surface area contributed by atoms with Crippen LogP contribution in [0, 0.1) is 0 Å². The van der Waals surface area contributed by atoms with Crippen LogP contribution in [0.4, 0.5) is 0 Å². The minimum Gasteiger partial charge on any atom is -0.244 e. The number of hydrogen-bond acceptors (Lipinski definition) is 8. The summed E-state index contributed by atoms with van der Waals surface area (Å²) in [5.74, 6) is 3.05. The van der Waals surface area contributed by atoms with Crippen molar-refractivity contribution in [1.29, 1.82) is 0 Å². The Morgan fingerprint density at radius 3 is 0.883 bits per heavy atom. The molecule has 0 aliphatic heterocycles. The van der Waals surface area contributed by atoms with Crippen LogP contribution in [0.25, 0.3) is 90.5 Å². The van der Waals surface area contributed by atoms with Gasteiger partial charge in [-0.05, 0) is 35.9 Å². The highest BCUT2D eigenvalue weighted by Crippen LogP contribution is 2.33. The second kappa shape index (κ2) is 17.7. The Balaban J connectivity index is 0.000000203. The molecule has 3 heterocycles. The van der Waals surface area contributed by atoms with E-state index in [0.29, 0.717) is 29.1 Å². The van der Waals surface area contributed by atoms with E-state index >= 15 is 0 Å². The van der Waals surface area contributed by atoms with Crippen molar-refractivity contribution >= 4 is 38.6 Å². The predicted octanol–water partition coefficient (Wildman–Crippen LogP) is 12.8. The number of aromatic nitrogens is 8. The predicted molar refractivity (Wildman–Crippen MR) is 244 cm³/mol. The van der Waals surface area contributed by atoms with Crippen LogP contribution in [0.3, 0.4) is 0 Å². The molecule has 0 aliphatic carbocycles. The van der Waals surface area contributed by atoms with Crippen LogP contribution in [-0.4, -0.2) is 39.9 Å². The summed E-state index contributed by atoms with van der Waals surface area (Å²) < 4.78 is 1.02. The first kappa shape index (κ1) is 38.2. The smallest absolute Gasteiger partial charge is 0.226 e. The zero-order valence-electron chi connectivity index (χ0n) is 31.8. The lowest BCUT2D eigenvalue weighted by molar-refractivity contribution is 1.07. The average Bonchev–Trinajstić information content (AvgIpc) is 3.32. The SMILES string of the molecule is Brc1ccc(-c2nc3ccccc3nc2-c2ccc(-c3nc(-c4ccccc4)nc(-c4ccccc4)n3)cc2)cc1.Clc1nc(-c2ccccc2)nc(-c2ccccc2)n1. The molecule has 0 spiro atoms.